The maximum atomic E-state index is 5.13. The Balaban J connectivity index is 1.76. The second-order valence-corrected chi connectivity index (χ2v) is 8.38. The summed E-state index contributed by atoms with van der Waals surface area (Å²) in [4.78, 5) is 5.13. The molecule has 1 aliphatic rings. The predicted octanol–water partition coefficient (Wildman–Crippen LogP) is 6.52. The van der Waals surface area contributed by atoms with Gasteiger partial charge in [-0.05, 0) is 67.0 Å². The number of rotatable bonds is 7. The SMILES string of the molecule is C=Cc1ccn2c(CCC)c(-c3cc4ccc(CC)cc4n3CC3CC3)nc2c1. The number of imidazole rings is 1. The van der Waals surface area contributed by atoms with Gasteiger partial charge in [-0.2, -0.15) is 0 Å². The molecule has 1 aliphatic carbocycles. The maximum absolute atomic E-state index is 5.13. The number of aromatic nitrogens is 3. The molecule has 3 heteroatoms. The fourth-order valence-electron chi connectivity index (χ4n) is 4.39. The number of hydrogen-bond acceptors (Lipinski definition) is 1. The third-order valence-electron chi connectivity index (χ3n) is 6.23. The van der Waals surface area contributed by atoms with E-state index in [-0.39, 0.29) is 0 Å². The molecule has 0 N–H and O–H groups in total. The lowest BCUT2D eigenvalue weighted by Gasteiger charge is -2.11. The lowest BCUT2D eigenvalue weighted by atomic mass is 10.1. The van der Waals surface area contributed by atoms with Crippen molar-refractivity contribution in [3.8, 4) is 11.4 Å². The van der Waals surface area contributed by atoms with Crippen molar-refractivity contribution in [1.29, 1.82) is 0 Å². The zero-order chi connectivity index (χ0) is 20.0. The van der Waals surface area contributed by atoms with Gasteiger partial charge in [0.1, 0.15) is 11.3 Å². The van der Waals surface area contributed by atoms with Gasteiger partial charge in [0.25, 0.3) is 0 Å². The fraction of sp³-hybridized carbons (Fsp3) is 0.346. The van der Waals surface area contributed by atoms with Crippen molar-refractivity contribution < 1.29 is 0 Å². The monoisotopic (exact) mass is 383 g/mol. The number of aryl methyl sites for hydroxylation is 2. The van der Waals surface area contributed by atoms with Crippen LogP contribution in [0.2, 0.25) is 0 Å². The van der Waals surface area contributed by atoms with Crippen LogP contribution in [-0.4, -0.2) is 14.0 Å². The number of benzene rings is 1. The molecule has 0 amide bonds. The smallest absolute Gasteiger partial charge is 0.138 e. The largest absolute Gasteiger partial charge is 0.339 e. The van der Waals surface area contributed by atoms with E-state index >= 15 is 0 Å². The van der Waals surface area contributed by atoms with Crippen molar-refractivity contribution in [1.82, 2.24) is 14.0 Å². The van der Waals surface area contributed by atoms with Crippen LogP contribution in [0.1, 0.15) is 49.9 Å². The second kappa shape index (κ2) is 7.22. The maximum Gasteiger partial charge on any atom is 0.138 e. The van der Waals surface area contributed by atoms with Gasteiger partial charge in [-0.15, -0.1) is 0 Å². The Kier molecular flexibility index (Phi) is 4.54. The van der Waals surface area contributed by atoms with Crippen LogP contribution in [0.15, 0.2) is 49.2 Å². The van der Waals surface area contributed by atoms with E-state index in [4.69, 9.17) is 4.98 Å². The summed E-state index contributed by atoms with van der Waals surface area (Å²) in [5.41, 5.74) is 8.61. The third-order valence-corrected chi connectivity index (χ3v) is 6.23. The first-order chi connectivity index (χ1) is 14.2. The molecule has 1 aromatic carbocycles. The Morgan fingerprint density at radius 1 is 1.14 bits per heavy atom. The summed E-state index contributed by atoms with van der Waals surface area (Å²) >= 11 is 0. The van der Waals surface area contributed by atoms with Crippen LogP contribution in [0.4, 0.5) is 0 Å². The van der Waals surface area contributed by atoms with Crippen LogP contribution in [-0.2, 0) is 19.4 Å². The molecule has 0 spiro atoms. The molecular formula is C26H29N3. The van der Waals surface area contributed by atoms with Crippen molar-refractivity contribution in [3.63, 3.8) is 0 Å². The molecule has 0 radical (unpaired) electrons. The first kappa shape index (κ1) is 18.2. The Labute approximate surface area is 172 Å². The highest BCUT2D eigenvalue weighted by Crippen LogP contribution is 2.37. The van der Waals surface area contributed by atoms with Crippen molar-refractivity contribution in [2.75, 3.05) is 0 Å². The van der Waals surface area contributed by atoms with E-state index < -0.39 is 0 Å². The Hall–Kier alpha value is -2.81. The van der Waals surface area contributed by atoms with E-state index in [2.05, 4.69) is 72.0 Å². The van der Waals surface area contributed by atoms with Gasteiger partial charge < -0.3 is 8.97 Å². The van der Waals surface area contributed by atoms with E-state index in [0.29, 0.717) is 0 Å². The zero-order valence-electron chi connectivity index (χ0n) is 17.5. The van der Waals surface area contributed by atoms with Gasteiger partial charge >= 0.3 is 0 Å². The quantitative estimate of drug-likeness (QED) is 0.356. The molecule has 1 saturated carbocycles. The van der Waals surface area contributed by atoms with E-state index in [1.54, 1.807) is 0 Å². The Morgan fingerprint density at radius 2 is 2.00 bits per heavy atom. The van der Waals surface area contributed by atoms with Gasteiger partial charge in [0.15, 0.2) is 0 Å². The molecule has 1 fully saturated rings. The van der Waals surface area contributed by atoms with E-state index in [0.717, 1.165) is 48.6 Å². The van der Waals surface area contributed by atoms with Gasteiger partial charge in [0.2, 0.25) is 0 Å². The molecule has 0 aliphatic heterocycles. The second-order valence-electron chi connectivity index (χ2n) is 8.38. The molecule has 3 aromatic heterocycles. The van der Waals surface area contributed by atoms with Crippen molar-refractivity contribution in [2.24, 2.45) is 5.92 Å². The highest BCUT2D eigenvalue weighted by molar-refractivity contribution is 5.88. The zero-order valence-corrected chi connectivity index (χ0v) is 17.5. The fourth-order valence-corrected chi connectivity index (χ4v) is 4.39. The Morgan fingerprint density at radius 3 is 2.72 bits per heavy atom. The van der Waals surface area contributed by atoms with Gasteiger partial charge in [-0.25, -0.2) is 4.98 Å². The summed E-state index contributed by atoms with van der Waals surface area (Å²) < 4.78 is 4.81. The molecule has 5 rings (SSSR count). The highest BCUT2D eigenvalue weighted by atomic mass is 15.1. The van der Waals surface area contributed by atoms with Crippen LogP contribution in [0, 0.1) is 5.92 Å². The number of fused-ring (bicyclic) bond motifs is 2. The molecule has 0 unspecified atom stereocenters. The van der Waals surface area contributed by atoms with Gasteiger partial charge in [-0.3, -0.25) is 0 Å². The minimum Gasteiger partial charge on any atom is -0.339 e. The summed E-state index contributed by atoms with van der Waals surface area (Å²) in [6, 6.07) is 13.5. The highest BCUT2D eigenvalue weighted by Gasteiger charge is 2.26. The molecule has 29 heavy (non-hydrogen) atoms. The normalized spacial score (nSPS) is 14.1. The predicted molar refractivity (Wildman–Crippen MR) is 122 cm³/mol. The van der Waals surface area contributed by atoms with Crippen molar-refractivity contribution in [2.45, 2.75) is 52.5 Å². The van der Waals surface area contributed by atoms with Crippen LogP contribution in [0.3, 0.4) is 0 Å². The lowest BCUT2D eigenvalue weighted by molar-refractivity contribution is 0.651. The molecule has 0 bridgehead atoms. The first-order valence-corrected chi connectivity index (χ1v) is 11.0. The molecule has 0 atom stereocenters. The van der Waals surface area contributed by atoms with Crippen LogP contribution in [0.5, 0.6) is 0 Å². The van der Waals surface area contributed by atoms with Gasteiger partial charge in [0.05, 0.1) is 11.4 Å². The molecule has 3 nitrogen and oxygen atoms in total. The van der Waals surface area contributed by atoms with E-state index in [9.17, 15) is 0 Å². The van der Waals surface area contributed by atoms with E-state index in [1.165, 1.54) is 40.7 Å². The average molecular weight is 384 g/mol. The molecule has 0 saturated heterocycles. The lowest BCUT2D eigenvalue weighted by Crippen LogP contribution is -2.04. The molecule has 148 valence electrons. The first-order valence-electron chi connectivity index (χ1n) is 11.0. The summed E-state index contributed by atoms with van der Waals surface area (Å²) in [5, 5.41) is 1.32. The topological polar surface area (TPSA) is 22.2 Å². The Bertz CT molecular complexity index is 1200. The molecule has 3 heterocycles. The molecule has 4 aromatic rings. The van der Waals surface area contributed by atoms with Crippen molar-refractivity contribution >= 4 is 22.6 Å². The number of hydrogen-bond donors (Lipinski definition) is 0. The summed E-state index contributed by atoms with van der Waals surface area (Å²) in [5.74, 6) is 0.814. The minimum absolute atomic E-state index is 0.814. The standard InChI is InChI=1S/C26H29N3/c1-4-7-22-26(27-25-15-19(6-3)12-13-28(22)25)24-16-21-11-10-18(5-2)14-23(21)29(24)17-20-8-9-20/h6,10-16,20H,3-5,7-9,17H2,1-2H3. The number of pyridine rings is 1. The van der Waals surface area contributed by atoms with Crippen molar-refractivity contribution in [3.05, 3.63) is 66.0 Å². The summed E-state index contributed by atoms with van der Waals surface area (Å²) in [7, 11) is 0. The average Bonchev–Trinajstić information content (AvgIpc) is 3.41. The van der Waals surface area contributed by atoms with Crippen LogP contribution in [0.25, 0.3) is 34.0 Å². The molecular weight excluding hydrogens is 354 g/mol. The van der Waals surface area contributed by atoms with E-state index in [1.807, 2.05) is 6.08 Å². The van der Waals surface area contributed by atoms with Gasteiger partial charge in [0, 0.05) is 23.6 Å². The van der Waals surface area contributed by atoms with Crippen LogP contribution >= 0.6 is 0 Å². The van der Waals surface area contributed by atoms with Crippen LogP contribution < -0.4 is 0 Å². The van der Waals surface area contributed by atoms with Gasteiger partial charge in [-0.1, -0.05) is 45.1 Å². The summed E-state index contributed by atoms with van der Waals surface area (Å²) in [6.45, 7) is 9.50. The number of nitrogens with zero attached hydrogens (tertiary/aromatic N) is 3. The summed E-state index contributed by atoms with van der Waals surface area (Å²) in [6.07, 6.45) is 9.94. The third kappa shape index (κ3) is 3.19. The minimum atomic E-state index is 0.814.